The number of rotatable bonds is 9. The molecule has 8 nitrogen and oxygen atoms in total. The second kappa shape index (κ2) is 11.0. The number of carbonyl (C=O) groups excluding carboxylic acids is 1. The minimum absolute atomic E-state index is 0.0359. The van der Waals surface area contributed by atoms with E-state index in [2.05, 4.69) is 20.9 Å². The van der Waals surface area contributed by atoms with E-state index in [9.17, 15) is 4.79 Å². The number of benzene rings is 1. The number of nitrogens with zero attached hydrogens (tertiary/aromatic N) is 1. The second-order valence-corrected chi connectivity index (χ2v) is 8.95. The number of anilines is 1. The first-order valence-electron chi connectivity index (χ1n) is 11.0. The molecule has 0 bridgehead atoms. The van der Waals surface area contributed by atoms with Crippen LogP contribution in [0.15, 0.2) is 47.9 Å². The van der Waals surface area contributed by atoms with E-state index in [1.54, 1.807) is 30.6 Å². The largest absolute Gasteiger partial charge is 0.493 e. The number of aromatic nitrogens is 1. The van der Waals surface area contributed by atoms with Gasteiger partial charge in [0.15, 0.2) is 5.75 Å². The molecule has 2 atom stereocenters. The van der Waals surface area contributed by atoms with Crippen molar-refractivity contribution in [2.75, 3.05) is 25.6 Å². The number of nitrogens with one attached hydrogen (secondary N) is 3. The Morgan fingerprint density at radius 2 is 2.21 bits per heavy atom. The van der Waals surface area contributed by atoms with Crippen molar-refractivity contribution in [2.24, 2.45) is 0 Å². The summed E-state index contributed by atoms with van der Waals surface area (Å²) in [6.07, 6.45) is 5.14. The molecule has 180 valence electrons. The van der Waals surface area contributed by atoms with Crippen molar-refractivity contribution in [1.29, 1.82) is 0 Å². The first kappa shape index (κ1) is 24.3. The minimum atomic E-state index is -0.243. The number of carbonyl (C=O) groups is 1. The summed E-state index contributed by atoms with van der Waals surface area (Å²) in [5.41, 5.74) is 2.64. The van der Waals surface area contributed by atoms with Gasteiger partial charge in [0.05, 0.1) is 35.7 Å². The SMILES string of the molecule is COc1c(Cl)cccc1NC(=S)C1=C(NCc2ccncc2OC[C@@H]2CCO2)C[C@H](C)NC1=O. The zero-order valence-corrected chi connectivity index (χ0v) is 20.6. The molecular weight excluding hydrogens is 476 g/mol. The van der Waals surface area contributed by atoms with E-state index in [1.807, 2.05) is 13.0 Å². The first-order valence-corrected chi connectivity index (χ1v) is 11.8. The standard InChI is InChI=1S/C24H27ClN4O4S/c1-14-10-19(27-11-15-6-8-26-12-20(15)33-13-16-7-9-32-16)21(23(30)28-14)24(34)29-18-5-3-4-17(25)22(18)31-2/h3-6,8,12,14,16,27H,7,9-11,13H2,1-2H3,(H,28,30)(H,29,34)/t14-,16-/m0/s1. The van der Waals surface area contributed by atoms with E-state index < -0.39 is 0 Å². The van der Waals surface area contributed by atoms with Crippen LogP contribution in [-0.4, -0.2) is 48.3 Å². The molecule has 0 unspecified atom stereocenters. The van der Waals surface area contributed by atoms with Gasteiger partial charge in [-0.1, -0.05) is 29.9 Å². The molecule has 1 saturated heterocycles. The Hall–Kier alpha value is -2.88. The van der Waals surface area contributed by atoms with Crippen molar-refractivity contribution in [1.82, 2.24) is 15.6 Å². The molecule has 0 radical (unpaired) electrons. The third kappa shape index (κ3) is 5.60. The number of para-hydroxylation sites is 1. The van der Waals surface area contributed by atoms with Crippen molar-refractivity contribution in [3.63, 3.8) is 0 Å². The van der Waals surface area contributed by atoms with Crippen molar-refractivity contribution in [3.8, 4) is 11.5 Å². The van der Waals surface area contributed by atoms with Crippen LogP contribution < -0.4 is 25.4 Å². The number of amides is 1. The van der Waals surface area contributed by atoms with Gasteiger partial charge in [-0.25, -0.2) is 0 Å². The van der Waals surface area contributed by atoms with E-state index in [1.165, 1.54) is 7.11 Å². The average molecular weight is 503 g/mol. The maximum Gasteiger partial charge on any atom is 0.256 e. The summed E-state index contributed by atoms with van der Waals surface area (Å²) < 4.78 is 16.7. The lowest BCUT2D eigenvalue weighted by molar-refractivity contribution is -0.118. The topological polar surface area (TPSA) is 93.7 Å². The Morgan fingerprint density at radius 1 is 1.38 bits per heavy atom. The van der Waals surface area contributed by atoms with E-state index in [0.717, 1.165) is 24.3 Å². The number of ether oxygens (including phenoxy) is 3. The summed E-state index contributed by atoms with van der Waals surface area (Å²) in [6, 6.07) is 7.16. The van der Waals surface area contributed by atoms with Crippen molar-refractivity contribution in [2.45, 2.75) is 38.5 Å². The van der Waals surface area contributed by atoms with Crippen LogP contribution in [0.1, 0.15) is 25.3 Å². The summed E-state index contributed by atoms with van der Waals surface area (Å²) in [5, 5.41) is 9.92. The van der Waals surface area contributed by atoms with Gasteiger partial charge in [-0.3, -0.25) is 9.78 Å². The second-order valence-electron chi connectivity index (χ2n) is 8.14. The third-order valence-electron chi connectivity index (χ3n) is 5.64. The summed E-state index contributed by atoms with van der Waals surface area (Å²) in [6.45, 7) is 3.67. The number of hydrogen-bond donors (Lipinski definition) is 3. The van der Waals surface area contributed by atoms with Crippen LogP contribution >= 0.6 is 23.8 Å². The highest BCUT2D eigenvalue weighted by atomic mass is 35.5. The molecule has 1 aromatic carbocycles. The lowest BCUT2D eigenvalue weighted by Gasteiger charge is -2.28. The Morgan fingerprint density at radius 3 is 2.94 bits per heavy atom. The number of hydrogen-bond acceptors (Lipinski definition) is 7. The molecule has 10 heteroatoms. The molecule has 1 amide bonds. The predicted octanol–water partition coefficient (Wildman–Crippen LogP) is 3.60. The van der Waals surface area contributed by atoms with Gasteiger partial charge in [-0.15, -0.1) is 0 Å². The summed E-state index contributed by atoms with van der Waals surface area (Å²) in [5.74, 6) is 0.902. The quantitative estimate of drug-likeness (QED) is 0.448. The molecule has 0 saturated carbocycles. The van der Waals surface area contributed by atoms with E-state index in [-0.39, 0.29) is 23.0 Å². The van der Waals surface area contributed by atoms with Crippen LogP contribution in [0.2, 0.25) is 5.02 Å². The molecule has 0 aliphatic carbocycles. The molecule has 0 spiro atoms. The van der Waals surface area contributed by atoms with Gasteiger partial charge in [-0.2, -0.15) is 0 Å². The Balaban J connectivity index is 1.53. The molecular formula is C24H27ClN4O4S. The van der Waals surface area contributed by atoms with E-state index in [4.69, 9.17) is 38.0 Å². The zero-order valence-electron chi connectivity index (χ0n) is 19.0. The lowest BCUT2D eigenvalue weighted by Crippen LogP contribution is -2.44. The van der Waals surface area contributed by atoms with Gasteiger partial charge < -0.3 is 30.2 Å². The molecule has 3 N–H and O–H groups in total. The van der Waals surface area contributed by atoms with Gasteiger partial charge in [-0.05, 0) is 25.1 Å². The Kier molecular flexibility index (Phi) is 7.87. The van der Waals surface area contributed by atoms with Crippen LogP contribution in [0, 0.1) is 0 Å². The van der Waals surface area contributed by atoms with Crippen molar-refractivity contribution >= 4 is 40.4 Å². The molecule has 3 heterocycles. The maximum atomic E-state index is 12.9. The maximum absolute atomic E-state index is 12.9. The van der Waals surface area contributed by atoms with Crippen molar-refractivity contribution in [3.05, 3.63) is 58.5 Å². The number of halogens is 1. The van der Waals surface area contributed by atoms with Crippen LogP contribution in [0.4, 0.5) is 5.69 Å². The highest BCUT2D eigenvalue weighted by molar-refractivity contribution is 7.81. The highest BCUT2D eigenvalue weighted by Gasteiger charge is 2.28. The Labute approximate surface area is 209 Å². The summed E-state index contributed by atoms with van der Waals surface area (Å²) in [7, 11) is 1.53. The minimum Gasteiger partial charge on any atom is -0.493 e. The van der Waals surface area contributed by atoms with Crippen molar-refractivity contribution < 1.29 is 19.0 Å². The molecule has 4 rings (SSSR count). The molecule has 2 aliphatic rings. The fourth-order valence-corrected chi connectivity index (χ4v) is 4.36. The summed E-state index contributed by atoms with van der Waals surface area (Å²) >= 11 is 11.9. The van der Waals surface area contributed by atoms with Gasteiger partial charge in [0.2, 0.25) is 0 Å². The average Bonchev–Trinajstić information content (AvgIpc) is 2.77. The smallest absolute Gasteiger partial charge is 0.256 e. The molecule has 1 fully saturated rings. The van der Waals surface area contributed by atoms with Crippen LogP contribution in [-0.2, 0) is 16.1 Å². The van der Waals surface area contributed by atoms with Gasteiger partial charge in [0.25, 0.3) is 5.91 Å². The number of thiocarbonyl (C=S) groups is 1. The molecule has 34 heavy (non-hydrogen) atoms. The van der Waals surface area contributed by atoms with Crippen LogP contribution in [0.25, 0.3) is 0 Å². The number of methoxy groups -OCH3 is 1. The fraction of sp³-hybridized carbons (Fsp3) is 0.375. The van der Waals surface area contributed by atoms with E-state index >= 15 is 0 Å². The molecule has 1 aromatic heterocycles. The number of pyridine rings is 1. The van der Waals surface area contributed by atoms with Crippen LogP contribution in [0.5, 0.6) is 11.5 Å². The first-order chi connectivity index (χ1) is 16.5. The van der Waals surface area contributed by atoms with Gasteiger partial charge in [0, 0.05) is 49.5 Å². The lowest BCUT2D eigenvalue weighted by atomic mass is 10.0. The third-order valence-corrected chi connectivity index (χ3v) is 6.25. The van der Waals surface area contributed by atoms with E-state index in [0.29, 0.717) is 47.4 Å². The Bertz CT molecular complexity index is 1110. The van der Waals surface area contributed by atoms with Gasteiger partial charge >= 0.3 is 0 Å². The predicted molar refractivity (Wildman–Crippen MR) is 134 cm³/mol. The normalized spacial score (nSPS) is 19.7. The molecule has 2 aromatic rings. The zero-order chi connectivity index (χ0) is 24.1. The van der Waals surface area contributed by atoms with Crippen LogP contribution in [0.3, 0.4) is 0 Å². The van der Waals surface area contributed by atoms with Gasteiger partial charge in [0.1, 0.15) is 17.3 Å². The summed E-state index contributed by atoms with van der Waals surface area (Å²) in [4.78, 5) is 17.4. The highest BCUT2D eigenvalue weighted by Crippen LogP contribution is 2.33. The monoisotopic (exact) mass is 502 g/mol. The fourth-order valence-electron chi connectivity index (χ4n) is 3.78. The molecule has 2 aliphatic heterocycles.